The number of nitrogens with zero attached hydrogens (tertiary/aromatic N) is 2. The lowest BCUT2D eigenvalue weighted by Crippen LogP contribution is -2.16. The Balaban J connectivity index is 2.43. The van der Waals surface area contributed by atoms with Gasteiger partial charge in [0.2, 0.25) is 0 Å². The van der Waals surface area contributed by atoms with Gasteiger partial charge in [0.1, 0.15) is 0 Å². The van der Waals surface area contributed by atoms with Crippen molar-refractivity contribution in [2.45, 2.75) is 13.0 Å². The van der Waals surface area contributed by atoms with Crippen LogP contribution in [0.4, 0.5) is 0 Å². The summed E-state index contributed by atoms with van der Waals surface area (Å²) in [6.07, 6.45) is 1.61. The Morgan fingerprint density at radius 1 is 1.47 bits per heavy atom. The maximum Gasteiger partial charge on any atom is 0.0837 e. The molecule has 5 heteroatoms. The van der Waals surface area contributed by atoms with E-state index in [4.69, 9.17) is 17.3 Å². The van der Waals surface area contributed by atoms with Gasteiger partial charge in [-0.2, -0.15) is 5.10 Å². The molecule has 1 unspecified atom stereocenters. The zero-order valence-electron chi connectivity index (χ0n) is 9.61. The van der Waals surface area contributed by atoms with Crippen LogP contribution in [0, 0.1) is 6.92 Å². The minimum absolute atomic E-state index is 0.271. The summed E-state index contributed by atoms with van der Waals surface area (Å²) in [7, 11) is 1.84. The van der Waals surface area contributed by atoms with E-state index in [0.29, 0.717) is 5.02 Å². The monoisotopic (exact) mass is 313 g/mol. The zero-order valence-corrected chi connectivity index (χ0v) is 12.0. The van der Waals surface area contributed by atoms with E-state index in [1.54, 1.807) is 10.9 Å². The molecule has 1 aromatic carbocycles. The van der Waals surface area contributed by atoms with E-state index in [0.717, 1.165) is 15.7 Å². The van der Waals surface area contributed by atoms with Crippen molar-refractivity contribution < 1.29 is 0 Å². The molecule has 0 aliphatic carbocycles. The molecule has 2 N–H and O–H groups in total. The second-order valence-electron chi connectivity index (χ2n) is 3.99. The Morgan fingerprint density at radius 3 is 2.71 bits per heavy atom. The number of hydrogen-bond donors (Lipinski definition) is 1. The first-order valence-corrected chi connectivity index (χ1v) is 6.37. The fraction of sp³-hybridized carbons (Fsp3) is 0.250. The molecule has 2 rings (SSSR count). The largest absolute Gasteiger partial charge is 0.319 e. The molecule has 17 heavy (non-hydrogen) atoms. The third-order valence-electron chi connectivity index (χ3n) is 2.79. The molecule has 2 aromatic rings. The lowest BCUT2D eigenvalue weighted by Gasteiger charge is -2.14. The van der Waals surface area contributed by atoms with E-state index < -0.39 is 0 Å². The molecule has 0 aliphatic heterocycles. The average molecular weight is 315 g/mol. The predicted octanol–water partition coefficient (Wildman–Crippen LogP) is 3.19. The summed E-state index contributed by atoms with van der Waals surface area (Å²) >= 11 is 9.59. The van der Waals surface area contributed by atoms with Gasteiger partial charge < -0.3 is 5.73 Å². The number of nitrogens with two attached hydrogens (primary N) is 1. The van der Waals surface area contributed by atoms with Gasteiger partial charge in [-0.1, -0.05) is 39.7 Å². The van der Waals surface area contributed by atoms with Crippen molar-refractivity contribution >= 4 is 27.5 Å². The van der Waals surface area contributed by atoms with Crippen LogP contribution < -0.4 is 5.73 Å². The van der Waals surface area contributed by atoms with E-state index >= 15 is 0 Å². The molecule has 0 saturated heterocycles. The van der Waals surface area contributed by atoms with Gasteiger partial charge in [0.05, 0.1) is 23.0 Å². The van der Waals surface area contributed by atoms with Crippen LogP contribution in [-0.4, -0.2) is 9.78 Å². The Bertz CT molecular complexity index is 531. The number of hydrogen-bond acceptors (Lipinski definition) is 2. The van der Waals surface area contributed by atoms with Gasteiger partial charge in [0, 0.05) is 11.5 Å². The topological polar surface area (TPSA) is 43.8 Å². The van der Waals surface area contributed by atoms with Crippen LogP contribution in [0.1, 0.15) is 22.9 Å². The molecule has 0 spiro atoms. The van der Waals surface area contributed by atoms with Crippen LogP contribution in [0.25, 0.3) is 0 Å². The van der Waals surface area contributed by atoms with Crippen LogP contribution in [0.5, 0.6) is 0 Å². The highest BCUT2D eigenvalue weighted by Crippen LogP contribution is 2.28. The van der Waals surface area contributed by atoms with Crippen molar-refractivity contribution in [2.24, 2.45) is 12.8 Å². The van der Waals surface area contributed by atoms with Crippen molar-refractivity contribution in [3.8, 4) is 0 Å². The smallest absolute Gasteiger partial charge is 0.0837 e. The minimum atomic E-state index is -0.271. The third-order valence-corrected chi connectivity index (χ3v) is 3.93. The summed E-state index contributed by atoms with van der Waals surface area (Å²) < 4.78 is 2.75. The van der Waals surface area contributed by atoms with Crippen LogP contribution in [-0.2, 0) is 7.05 Å². The summed E-state index contributed by atoms with van der Waals surface area (Å²) in [6.45, 7) is 2.04. The Hall–Kier alpha value is -0.840. The van der Waals surface area contributed by atoms with Gasteiger partial charge in [-0.05, 0) is 24.1 Å². The predicted molar refractivity (Wildman–Crippen MR) is 73.1 cm³/mol. The van der Waals surface area contributed by atoms with Crippen molar-refractivity contribution in [3.63, 3.8) is 0 Å². The lowest BCUT2D eigenvalue weighted by atomic mass is 10.0. The van der Waals surface area contributed by atoms with Crippen molar-refractivity contribution in [1.82, 2.24) is 9.78 Å². The molecule has 0 aliphatic rings. The molecule has 0 bridgehead atoms. The lowest BCUT2D eigenvalue weighted by molar-refractivity contribution is 0.673. The Morgan fingerprint density at radius 2 is 2.18 bits per heavy atom. The number of rotatable bonds is 2. The van der Waals surface area contributed by atoms with E-state index in [1.807, 2.05) is 32.2 Å². The fourth-order valence-corrected chi connectivity index (χ4v) is 2.41. The highest BCUT2D eigenvalue weighted by molar-refractivity contribution is 9.10. The molecule has 90 valence electrons. The SMILES string of the molecule is Cc1ccc(C(N)c2c(Cl)cnn2C)cc1Br. The summed E-state index contributed by atoms with van der Waals surface area (Å²) in [4.78, 5) is 0. The quantitative estimate of drug-likeness (QED) is 0.925. The molecular formula is C12H13BrClN3. The van der Waals surface area contributed by atoms with E-state index in [2.05, 4.69) is 21.0 Å². The van der Waals surface area contributed by atoms with Crippen LogP contribution in [0.2, 0.25) is 5.02 Å². The number of aromatic nitrogens is 2. The van der Waals surface area contributed by atoms with Gasteiger partial charge in [-0.25, -0.2) is 0 Å². The molecule has 0 fully saturated rings. The first kappa shape index (κ1) is 12.6. The van der Waals surface area contributed by atoms with Crippen LogP contribution >= 0.6 is 27.5 Å². The zero-order chi connectivity index (χ0) is 12.6. The summed E-state index contributed by atoms with van der Waals surface area (Å²) in [5.74, 6) is 0. The third kappa shape index (κ3) is 2.39. The molecule has 1 aromatic heterocycles. The number of aryl methyl sites for hydroxylation is 2. The molecule has 0 radical (unpaired) electrons. The molecule has 1 atom stereocenters. The normalized spacial score (nSPS) is 12.8. The molecule has 1 heterocycles. The van der Waals surface area contributed by atoms with Gasteiger partial charge in [0.25, 0.3) is 0 Å². The molecular weight excluding hydrogens is 302 g/mol. The van der Waals surface area contributed by atoms with Crippen molar-refractivity contribution in [3.05, 3.63) is 50.7 Å². The van der Waals surface area contributed by atoms with Crippen LogP contribution in [0.15, 0.2) is 28.9 Å². The van der Waals surface area contributed by atoms with Gasteiger partial charge >= 0.3 is 0 Å². The highest BCUT2D eigenvalue weighted by atomic mass is 79.9. The van der Waals surface area contributed by atoms with Crippen LogP contribution in [0.3, 0.4) is 0 Å². The van der Waals surface area contributed by atoms with Gasteiger partial charge in [0.15, 0.2) is 0 Å². The Kier molecular flexibility index (Phi) is 3.56. The summed E-state index contributed by atoms with van der Waals surface area (Å²) in [5.41, 5.74) is 9.22. The summed E-state index contributed by atoms with van der Waals surface area (Å²) in [5, 5.41) is 4.69. The molecule has 3 nitrogen and oxygen atoms in total. The summed E-state index contributed by atoms with van der Waals surface area (Å²) in [6, 6.07) is 5.79. The van der Waals surface area contributed by atoms with E-state index in [-0.39, 0.29) is 6.04 Å². The van der Waals surface area contributed by atoms with Gasteiger partial charge in [-0.15, -0.1) is 0 Å². The maximum atomic E-state index is 6.22. The van der Waals surface area contributed by atoms with E-state index in [1.165, 1.54) is 5.56 Å². The highest BCUT2D eigenvalue weighted by Gasteiger charge is 2.17. The second kappa shape index (κ2) is 4.80. The van der Waals surface area contributed by atoms with Gasteiger partial charge in [-0.3, -0.25) is 4.68 Å². The second-order valence-corrected chi connectivity index (χ2v) is 5.25. The number of benzene rings is 1. The molecule has 0 saturated carbocycles. The van der Waals surface area contributed by atoms with Crippen molar-refractivity contribution in [2.75, 3.05) is 0 Å². The minimum Gasteiger partial charge on any atom is -0.319 e. The Labute approximate surface area is 114 Å². The van der Waals surface area contributed by atoms with E-state index in [9.17, 15) is 0 Å². The first-order valence-electron chi connectivity index (χ1n) is 5.19. The average Bonchev–Trinajstić information content (AvgIpc) is 2.62. The molecule has 0 amide bonds. The first-order chi connectivity index (χ1) is 8.00. The fourth-order valence-electron chi connectivity index (χ4n) is 1.73. The standard InChI is InChI=1S/C12H13BrClN3/c1-7-3-4-8(5-9(7)13)11(15)12-10(14)6-16-17(12)2/h3-6,11H,15H2,1-2H3. The maximum absolute atomic E-state index is 6.22. The number of halogens is 2. The van der Waals surface area contributed by atoms with Crippen molar-refractivity contribution in [1.29, 1.82) is 0 Å².